The molecule has 2 atom stereocenters. The van der Waals surface area contributed by atoms with E-state index in [1.807, 2.05) is 6.20 Å². The zero-order chi connectivity index (χ0) is 13.4. The summed E-state index contributed by atoms with van der Waals surface area (Å²) in [4.78, 5) is 5.79. The Morgan fingerprint density at radius 2 is 1.85 bits per heavy atom. The van der Waals surface area contributed by atoms with Crippen LogP contribution in [0, 0.1) is 11.8 Å². The van der Waals surface area contributed by atoms with Crippen LogP contribution in [0.2, 0.25) is 0 Å². The monoisotopic (exact) mass is 285 g/mol. The molecule has 2 aliphatic rings. The highest BCUT2D eigenvalue weighted by Crippen LogP contribution is 2.37. The van der Waals surface area contributed by atoms with E-state index in [9.17, 15) is 0 Å². The maximum absolute atomic E-state index is 4.54. The van der Waals surface area contributed by atoms with Crippen molar-refractivity contribution in [2.75, 3.05) is 18.4 Å². The summed E-state index contributed by atoms with van der Waals surface area (Å²) in [5.41, 5.74) is 1.26. The van der Waals surface area contributed by atoms with Gasteiger partial charge in [-0.1, -0.05) is 41.7 Å². The molecule has 1 saturated heterocycles. The van der Waals surface area contributed by atoms with E-state index in [1.165, 1.54) is 36.4 Å². The molecule has 2 unspecified atom stereocenters. The Morgan fingerprint density at radius 1 is 1.10 bits per heavy atom. The fourth-order valence-corrected chi connectivity index (χ4v) is 4.43. The van der Waals surface area contributed by atoms with E-state index in [0.717, 1.165) is 17.0 Å². The third-order valence-electron chi connectivity index (χ3n) is 4.55. The number of aromatic nitrogens is 1. The average molecular weight is 285 g/mol. The van der Waals surface area contributed by atoms with E-state index in [4.69, 9.17) is 0 Å². The van der Waals surface area contributed by atoms with Crippen molar-refractivity contribution < 1.29 is 0 Å². The Labute approximate surface area is 123 Å². The van der Waals surface area contributed by atoms with Gasteiger partial charge in [-0.2, -0.15) is 0 Å². The van der Waals surface area contributed by atoms with Gasteiger partial charge >= 0.3 is 0 Å². The number of thiazole rings is 1. The van der Waals surface area contributed by atoms with Crippen molar-refractivity contribution in [2.24, 2.45) is 11.8 Å². The van der Waals surface area contributed by atoms with Gasteiger partial charge in [0.1, 0.15) is 0 Å². The lowest BCUT2D eigenvalue weighted by Crippen LogP contribution is -2.20. The smallest absolute Gasteiger partial charge is 0.183 e. The molecule has 4 heteroatoms. The predicted octanol–water partition coefficient (Wildman–Crippen LogP) is 3.22. The maximum atomic E-state index is 4.54. The topological polar surface area (TPSA) is 37.0 Å². The first-order valence-corrected chi connectivity index (χ1v) is 8.18. The molecule has 0 spiro atoms. The van der Waals surface area contributed by atoms with Crippen LogP contribution in [-0.2, 0) is 0 Å². The van der Waals surface area contributed by atoms with Crippen molar-refractivity contribution in [1.82, 2.24) is 10.3 Å². The summed E-state index contributed by atoms with van der Waals surface area (Å²) in [6, 6.07) is 11.1. The van der Waals surface area contributed by atoms with Gasteiger partial charge < -0.3 is 10.6 Å². The molecule has 0 bridgehead atoms. The fourth-order valence-electron chi connectivity index (χ4n) is 3.54. The molecule has 0 amide bonds. The zero-order valence-electron chi connectivity index (χ0n) is 11.4. The first-order valence-electron chi connectivity index (χ1n) is 7.37. The van der Waals surface area contributed by atoms with Crippen LogP contribution >= 0.6 is 11.3 Å². The minimum atomic E-state index is 0.613. The summed E-state index contributed by atoms with van der Waals surface area (Å²) in [6.45, 7) is 2.41. The quantitative estimate of drug-likeness (QED) is 0.909. The third-order valence-corrected chi connectivity index (χ3v) is 5.52. The van der Waals surface area contributed by atoms with Crippen molar-refractivity contribution >= 4 is 16.5 Å². The zero-order valence-corrected chi connectivity index (χ0v) is 12.2. The lowest BCUT2D eigenvalue weighted by molar-refractivity contribution is 0.494. The Hall–Kier alpha value is -1.39. The molecule has 4 rings (SSSR count). The molecule has 20 heavy (non-hydrogen) atoms. The van der Waals surface area contributed by atoms with Gasteiger partial charge in [0.15, 0.2) is 5.13 Å². The Balaban J connectivity index is 1.44. The van der Waals surface area contributed by atoms with Crippen LogP contribution in [0.3, 0.4) is 0 Å². The second-order valence-electron chi connectivity index (χ2n) is 5.89. The van der Waals surface area contributed by atoms with Crippen LogP contribution in [0.15, 0.2) is 36.5 Å². The predicted molar refractivity (Wildman–Crippen MR) is 84.0 cm³/mol. The summed E-state index contributed by atoms with van der Waals surface area (Å²) in [7, 11) is 0. The third kappa shape index (κ3) is 2.34. The SMILES string of the molecule is c1ccc(-c2cnc(NC3CC4CNCC4C3)s2)cc1. The lowest BCUT2D eigenvalue weighted by atomic mass is 10.0. The normalized spacial score (nSPS) is 28.5. The van der Waals surface area contributed by atoms with E-state index in [0.29, 0.717) is 6.04 Å². The number of rotatable bonds is 3. The minimum absolute atomic E-state index is 0.613. The van der Waals surface area contributed by atoms with Gasteiger partial charge in [-0.15, -0.1) is 0 Å². The number of nitrogens with one attached hydrogen (secondary N) is 2. The summed E-state index contributed by atoms with van der Waals surface area (Å²) in [5, 5.41) is 8.20. The van der Waals surface area contributed by atoms with Crippen LogP contribution in [0.4, 0.5) is 5.13 Å². The number of fused-ring (bicyclic) bond motifs is 1. The van der Waals surface area contributed by atoms with Crippen molar-refractivity contribution in [3.05, 3.63) is 36.5 Å². The molecule has 2 heterocycles. The Bertz CT molecular complexity index is 568. The summed E-state index contributed by atoms with van der Waals surface area (Å²) >= 11 is 1.76. The van der Waals surface area contributed by atoms with E-state index in [-0.39, 0.29) is 0 Å². The average Bonchev–Trinajstić information content (AvgIpc) is 3.16. The lowest BCUT2D eigenvalue weighted by Gasteiger charge is -2.12. The van der Waals surface area contributed by atoms with Gasteiger partial charge in [-0.05, 0) is 43.3 Å². The second-order valence-corrected chi connectivity index (χ2v) is 6.92. The molecular weight excluding hydrogens is 266 g/mol. The van der Waals surface area contributed by atoms with E-state index >= 15 is 0 Å². The van der Waals surface area contributed by atoms with Crippen LogP contribution < -0.4 is 10.6 Å². The summed E-state index contributed by atoms with van der Waals surface area (Å²) in [5.74, 6) is 1.75. The number of hydrogen-bond acceptors (Lipinski definition) is 4. The van der Waals surface area contributed by atoms with E-state index < -0.39 is 0 Å². The van der Waals surface area contributed by atoms with E-state index in [1.54, 1.807) is 11.3 Å². The van der Waals surface area contributed by atoms with E-state index in [2.05, 4.69) is 45.9 Å². The second kappa shape index (κ2) is 5.19. The number of benzene rings is 1. The first kappa shape index (κ1) is 12.4. The van der Waals surface area contributed by atoms with Gasteiger partial charge in [-0.3, -0.25) is 0 Å². The molecule has 2 N–H and O–H groups in total. The van der Waals surface area contributed by atoms with Crippen LogP contribution in [-0.4, -0.2) is 24.1 Å². The molecule has 1 aromatic carbocycles. The molecule has 104 valence electrons. The highest BCUT2D eigenvalue weighted by atomic mass is 32.1. The molecule has 1 aliphatic carbocycles. The maximum Gasteiger partial charge on any atom is 0.183 e. The molecule has 0 radical (unpaired) electrons. The van der Waals surface area contributed by atoms with Crippen molar-refractivity contribution in [3.63, 3.8) is 0 Å². The highest BCUT2D eigenvalue weighted by Gasteiger charge is 2.37. The summed E-state index contributed by atoms with van der Waals surface area (Å²) in [6.07, 6.45) is 4.56. The molecule has 2 aromatic rings. The Kier molecular flexibility index (Phi) is 3.20. The van der Waals surface area contributed by atoms with Crippen LogP contribution in [0.5, 0.6) is 0 Å². The molecular formula is C16H19N3S. The fraction of sp³-hybridized carbons (Fsp3) is 0.438. The minimum Gasteiger partial charge on any atom is -0.359 e. The number of anilines is 1. The summed E-state index contributed by atoms with van der Waals surface area (Å²) < 4.78 is 0. The van der Waals surface area contributed by atoms with Gasteiger partial charge in [0, 0.05) is 12.2 Å². The Morgan fingerprint density at radius 3 is 2.60 bits per heavy atom. The van der Waals surface area contributed by atoms with Crippen molar-refractivity contribution in [3.8, 4) is 10.4 Å². The highest BCUT2D eigenvalue weighted by molar-refractivity contribution is 7.18. The molecule has 1 aliphatic heterocycles. The molecule has 3 nitrogen and oxygen atoms in total. The van der Waals surface area contributed by atoms with Gasteiger partial charge in [0.2, 0.25) is 0 Å². The first-order chi connectivity index (χ1) is 9.88. The molecule has 2 fully saturated rings. The molecule has 1 saturated carbocycles. The van der Waals surface area contributed by atoms with Gasteiger partial charge in [0.25, 0.3) is 0 Å². The largest absolute Gasteiger partial charge is 0.359 e. The molecule has 1 aromatic heterocycles. The van der Waals surface area contributed by atoms with Crippen LogP contribution in [0.1, 0.15) is 12.8 Å². The number of nitrogens with zero attached hydrogens (tertiary/aromatic N) is 1. The van der Waals surface area contributed by atoms with Crippen molar-refractivity contribution in [2.45, 2.75) is 18.9 Å². The van der Waals surface area contributed by atoms with Crippen molar-refractivity contribution in [1.29, 1.82) is 0 Å². The number of hydrogen-bond donors (Lipinski definition) is 2. The van der Waals surface area contributed by atoms with Crippen LogP contribution in [0.25, 0.3) is 10.4 Å². The standard InChI is InChI=1S/C16H19N3S/c1-2-4-11(5-3-1)15-10-18-16(20-15)19-14-6-12-8-17-9-13(12)7-14/h1-5,10,12-14,17H,6-9H2,(H,18,19). The van der Waals surface area contributed by atoms with Gasteiger partial charge in [0.05, 0.1) is 4.88 Å². The van der Waals surface area contributed by atoms with Gasteiger partial charge in [-0.25, -0.2) is 4.98 Å².